The molecule has 0 fully saturated rings. The largest absolute Gasteiger partial charge is 0.488 e. The molecule has 0 bridgehead atoms. The molecule has 1 aromatic carbocycles. The minimum Gasteiger partial charge on any atom is -0.488 e. The van der Waals surface area contributed by atoms with Crippen molar-refractivity contribution >= 4 is 21.9 Å². The Morgan fingerprint density at radius 3 is 2.47 bits per heavy atom. The molecular weight excluding hydrogens is 286 g/mol. The molecule has 0 aliphatic heterocycles. The summed E-state index contributed by atoms with van der Waals surface area (Å²) in [6, 6.07) is 6.45. The van der Waals surface area contributed by atoms with Crippen molar-refractivity contribution < 1.29 is 14.6 Å². The molecule has 3 N–H and O–H groups in total. The molecule has 0 aliphatic rings. The second-order valence-electron chi connectivity index (χ2n) is 4.46. The smallest absolute Gasteiger partial charge is 0.320 e. The van der Waals surface area contributed by atoms with Crippen LogP contribution in [0.5, 0.6) is 5.75 Å². The Kier molecular flexibility index (Phi) is 4.54. The number of aliphatic carboxylic acids is 1. The highest BCUT2D eigenvalue weighted by molar-refractivity contribution is 9.10. The molecule has 5 heteroatoms. The molecule has 17 heavy (non-hydrogen) atoms. The summed E-state index contributed by atoms with van der Waals surface area (Å²) >= 11 is 3.33. The summed E-state index contributed by atoms with van der Waals surface area (Å²) < 4.78 is 6.68. The van der Waals surface area contributed by atoms with Gasteiger partial charge in [0.2, 0.25) is 0 Å². The molecule has 0 aromatic heterocycles. The van der Waals surface area contributed by atoms with Crippen LogP contribution in [0, 0.1) is 0 Å². The predicted molar refractivity (Wildman–Crippen MR) is 69.1 cm³/mol. The van der Waals surface area contributed by atoms with Crippen LogP contribution < -0.4 is 10.5 Å². The Balaban J connectivity index is 2.65. The van der Waals surface area contributed by atoms with Crippen molar-refractivity contribution in [3.8, 4) is 5.75 Å². The van der Waals surface area contributed by atoms with E-state index in [4.69, 9.17) is 15.6 Å². The number of rotatable bonds is 5. The quantitative estimate of drug-likeness (QED) is 0.876. The lowest BCUT2D eigenvalue weighted by atomic mass is 9.99. The van der Waals surface area contributed by atoms with E-state index in [2.05, 4.69) is 15.9 Å². The molecule has 0 radical (unpaired) electrons. The zero-order chi connectivity index (χ0) is 13.1. The fourth-order valence-electron chi connectivity index (χ4n) is 1.48. The van der Waals surface area contributed by atoms with Gasteiger partial charge in [-0.1, -0.05) is 15.9 Å². The van der Waals surface area contributed by atoms with Crippen molar-refractivity contribution in [3.63, 3.8) is 0 Å². The van der Waals surface area contributed by atoms with Gasteiger partial charge < -0.3 is 15.6 Å². The number of benzene rings is 1. The SMILES string of the molecule is CC(C)(CC(N)C(=O)O)Oc1ccc(Br)cc1. The summed E-state index contributed by atoms with van der Waals surface area (Å²) in [6.45, 7) is 3.63. The van der Waals surface area contributed by atoms with Crippen molar-refractivity contribution in [1.82, 2.24) is 0 Å². The first-order chi connectivity index (χ1) is 7.80. The number of ether oxygens (including phenoxy) is 1. The predicted octanol–water partition coefficient (Wildman–Crippen LogP) is 2.41. The fraction of sp³-hybridized carbons (Fsp3) is 0.417. The van der Waals surface area contributed by atoms with Gasteiger partial charge in [0.05, 0.1) is 0 Å². The summed E-state index contributed by atoms with van der Waals surface area (Å²) in [4.78, 5) is 10.7. The van der Waals surface area contributed by atoms with Crippen molar-refractivity contribution in [2.75, 3.05) is 0 Å². The van der Waals surface area contributed by atoms with Crippen molar-refractivity contribution in [2.24, 2.45) is 5.73 Å². The number of hydrogen-bond acceptors (Lipinski definition) is 3. The minimum atomic E-state index is -1.02. The van der Waals surface area contributed by atoms with Gasteiger partial charge in [-0.05, 0) is 38.1 Å². The average Bonchev–Trinajstić information content (AvgIpc) is 2.20. The lowest BCUT2D eigenvalue weighted by molar-refractivity contribution is -0.139. The summed E-state index contributed by atoms with van der Waals surface area (Å²) in [5.41, 5.74) is 4.87. The molecule has 1 rings (SSSR count). The Bertz CT molecular complexity index is 389. The zero-order valence-corrected chi connectivity index (χ0v) is 11.4. The van der Waals surface area contributed by atoms with Crippen LogP contribution in [0.4, 0.5) is 0 Å². The van der Waals surface area contributed by atoms with E-state index in [-0.39, 0.29) is 6.42 Å². The molecular formula is C12H16BrNO3. The number of halogens is 1. The van der Waals surface area contributed by atoms with Crippen LogP contribution in [0.3, 0.4) is 0 Å². The molecule has 0 spiro atoms. The molecule has 1 atom stereocenters. The second-order valence-corrected chi connectivity index (χ2v) is 5.38. The van der Waals surface area contributed by atoms with Crippen molar-refractivity contribution in [2.45, 2.75) is 31.9 Å². The lowest BCUT2D eigenvalue weighted by Crippen LogP contribution is -2.41. The van der Waals surface area contributed by atoms with E-state index in [1.807, 2.05) is 38.1 Å². The third-order valence-corrected chi connectivity index (χ3v) is 2.77. The van der Waals surface area contributed by atoms with Crippen LogP contribution in [0.1, 0.15) is 20.3 Å². The van der Waals surface area contributed by atoms with E-state index in [0.717, 1.165) is 4.47 Å². The topological polar surface area (TPSA) is 72.6 Å². The molecule has 0 aliphatic carbocycles. The molecule has 0 amide bonds. The van der Waals surface area contributed by atoms with E-state index in [1.165, 1.54) is 0 Å². The molecule has 0 saturated heterocycles. The standard InChI is InChI=1S/C12H16BrNO3/c1-12(2,7-10(14)11(15)16)17-9-5-3-8(13)4-6-9/h3-6,10H,7,14H2,1-2H3,(H,15,16). The summed E-state index contributed by atoms with van der Waals surface area (Å²) in [5.74, 6) is -0.326. The van der Waals surface area contributed by atoms with E-state index in [9.17, 15) is 4.79 Å². The summed E-state index contributed by atoms with van der Waals surface area (Å²) in [7, 11) is 0. The Morgan fingerprint density at radius 2 is 2.00 bits per heavy atom. The maximum Gasteiger partial charge on any atom is 0.320 e. The Morgan fingerprint density at radius 1 is 1.47 bits per heavy atom. The van der Waals surface area contributed by atoms with Crippen LogP contribution in [0.15, 0.2) is 28.7 Å². The first kappa shape index (κ1) is 14.0. The van der Waals surface area contributed by atoms with Gasteiger partial charge in [0.1, 0.15) is 17.4 Å². The molecule has 0 saturated carbocycles. The van der Waals surface area contributed by atoms with Gasteiger partial charge >= 0.3 is 5.97 Å². The van der Waals surface area contributed by atoms with Crippen molar-refractivity contribution in [1.29, 1.82) is 0 Å². The van der Waals surface area contributed by atoms with Crippen LogP contribution in [0.2, 0.25) is 0 Å². The average molecular weight is 302 g/mol. The van der Waals surface area contributed by atoms with Gasteiger partial charge in [0, 0.05) is 10.9 Å². The number of carboxylic acid groups (broad SMARTS) is 1. The monoisotopic (exact) mass is 301 g/mol. The zero-order valence-electron chi connectivity index (χ0n) is 9.81. The minimum absolute atomic E-state index is 0.248. The van der Waals surface area contributed by atoms with E-state index < -0.39 is 17.6 Å². The van der Waals surface area contributed by atoms with Crippen LogP contribution in [-0.4, -0.2) is 22.7 Å². The van der Waals surface area contributed by atoms with Crippen LogP contribution in [-0.2, 0) is 4.79 Å². The summed E-state index contributed by atoms with van der Waals surface area (Å²) in [5, 5.41) is 8.76. The highest BCUT2D eigenvalue weighted by Crippen LogP contribution is 2.23. The van der Waals surface area contributed by atoms with E-state index in [1.54, 1.807) is 0 Å². The third-order valence-electron chi connectivity index (χ3n) is 2.24. The maximum absolute atomic E-state index is 10.7. The van der Waals surface area contributed by atoms with Gasteiger partial charge in [-0.15, -0.1) is 0 Å². The van der Waals surface area contributed by atoms with Gasteiger partial charge in [-0.25, -0.2) is 0 Å². The van der Waals surface area contributed by atoms with Crippen molar-refractivity contribution in [3.05, 3.63) is 28.7 Å². The highest BCUT2D eigenvalue weighted by atomic mass is 79.9. The molecule has 1 aromatic rings. The molecule has 0 heterocycles. The number of nitrogens with two attached hydrogens (primary N) is 1. The normalized spacial score (nSPS) is 13.2. The molecule has 94 valence electrons. The van der Waals surface area contributed by atoms with Crippen LogP contribution in [0.25, 0.3) is 0 Å². The number of carboxylic acids is 1. The van der Waals surface area contributed by atoms with Crippen LogP contribution >= 0.6 is 15.9 Å². The van der Waals surface area contributed by atoms with E-state index in [0.29, 0.717) is 5.75 Å². The number of hydrogen-bond donors (Lipinski definition) is 2. The highest BCUT2D eigenvalue weighted by Gasteiger charge is 2.26. The van der Waals surface area contributed by atoms with Gasteiger partial charge in [0.15, 0.2) is 0 Å². The summed E-state index contributed by atoms with van der Waals surface area (Å²) in [6.07, 6.45) is 0.248. The first-order valence-corrected chi connectivity index (χ1v) is 6.02. The van der Waals surface area contributed by atoms with Gasteiger partial charge in [-0.3, -0.25) is 4.79 Å². The Labute approximate surface area is 109 Å². The molecule has 1 unspecified atom stereocenters. The first-order valence-electron chi connectivity index (χ1n) is 5.23. The second kappa shape index (κ2) is 5.51. The van der Waals surface area contributed by atoms with Gasteiger partial charge in [-0.2, -0.15) is 0 Å². The maximum atomic E-state index is 10.7. The molecule has 4 nitrogen and oxygen atoms in total. The number of carbonyl (C=O) groups is 1. The van der Waals surface area contributed by atoms with Gasteiger partial charge in [0.25, 0.3) is 0 Å². The van der Waals surface area contributed by atoms with E-state index >= 15 is 0 Å². The fourth-order valence-corrected chi connectivity index (χ4v) is 1.74. The third kappa shape index (κ3) is 4.75. The lowest BCUT2D eigenvalue weighted by Gasteiger charge is -2.28. The Hall–Kier alpha value is -1.07.